The van der Waals surface area contributed by atoms with Crippen LogP contribution in [-0.4, -0.2) is 27.8 Å². The predicted octanol–water partition coefficient (Wildman–Crippen LogP) is 1.38. The van der Waals surface area contributed by atoms with Crippen molar-refractivity contribution in [3.63, 3.8) is 0 Å². The predicted molar refractivity (Wildman–Crippen MR) is 66.7 cm³/mol. The molecule has 2 rings (SSSR count). The van der Waals surface area contributed by atoms with E-state index in [1.165, 1.54) is 4.68 Å². The Morgan fingerprint density at radius 1 is 1.44 bits per heavy atom. The molecule has 0 aliphatic carbocycles. The maximum Gasteiger partial charge on any atom is 0.275 e. The largest absolute Gasteiger partial charge is 0.497 e. The third kappa shape index (κ3) is 2.48. The highest BCUT2D eigenvalue weighted by Crippen LogP contribution is 2.14. The van der Waals surface area contributed by atoms with Gasteiger partial charge in [-0.15, -0.1) is 0 Å². The maximum atomic E-state index is 12.0. The van der Waals surface area contributed by atoms with Crippen molar-refractivity contribution >= 4 is 11.7 Å². The lowest BCUT2D eigenvalue weighted by atomic mass is 10.3. The van der Waals surface area contributed by atoms with E-state index in [0.717, 1.165) is 5.69 Å². The third-order valence-electron chi connectivity index (χ3n) is 2.44. The molecule has 6 heteroatoms. The number of methoxy groups -OCH3 is 1. The summed E-state index contributed by atoms with van der Waals surface area (Å²) in [4.78, 5) is 16.0. The van der Waals surface area contributed by atoms with Gasteiger partial charge in [0, 0.05) is 19.3 Å². The monoisotopic (exact) mass is 246 g/mol. The van der Waals surface area contributed by atoms with Crippen molar-refractivity contribution in [1.29, 1.82) is 0 Å². The van der Waals surface area contributed by atoms with Gasteiger partial charge in [-0.2, -0.15) is 5.10 Å². The molecule has 0 fully saturated rings. The number of amides is 1. The second kappa shape index (κ2) is 4.87. The van der Waals surface area contributed by atoms with Gasteiger partial charge in [0.25, 0.3) is 5.91 Å². The van der Waals surface area contributed by atoms with E-state index in [9.17, 15) is 4.79 Å². The molecule has 0 unspecified atom stereocenters. The fraction of sp³-hybridized carbons (Fsp3) is 0.250. The highest BCUT2D eigenvalue weighted by Gasteiger charge is 2.12. The van der Waals surface area contributed by atoms with E-state index in [0.29, 0.717) is 17.3 Å². The average molecular weight is 246 g/mol. The number of aryl methyl sites for hydroxylation is 2. The number of hydrogen-bond acceptors (Lipinski definition) is 4. The number of nitrogens with zero attached hydrogens (tertiary/aromatic N) is 3. The number of pyridine rings is 1. The zero-order valence-corrected chi connectivity index (χ0v) is 10.5. The zero-order chi connectivity index (χ0) is 13.1. The van der Waals surface area contributed by atoms with Crippen LogP contribution in [0.2, 0.25) is 0 Å². The Morgan fingerprint density at radius 3 is 2.83 bits per heavy atom. The summed E-state index contributed by atoms with van der Waals surface area (Å²) in [5, 5.41) is 6.81. The lowest BCUT2D eigenvalue weighted by Crippen LogP contribution is -2.16. The molecule has 2 heterocycles. The van der Waals surface area contributed by atoms with Crippen LogP contribution in [0.5, 0.6) is 5.75 Å². The minimum absolute atomic E-state index is 0.251. The molecule has 94 valence electrons. The number of hydrogen-bond donors (Lipinski definition) is 1. The van der Waals surface area contributed by atoms with Gasteiger partial charge in [-0.1, -0.05) is 0 Å². The van der Waals surface area contributed by atoms with Gasteiger partial charge in [-0.05, 0) is 19.1 Å². The van der Waals surface area contributed by atoms with Gasteiger partial charge in [-0.3, -0.25) is 9.48 Å². The van der Waals surface area contributed by atoms with Gasteiger partial charge in [-0.25, -0.2) is 4.98 Å². The van der Waals surface area contributed by atoms with E-state index in [1.807, 2.05) is 6.92 Å². The Kier molecular flexibility index (Phi) is 3.27. The van der Waals surface area contributed by atoms with Gasteiger partial charge in [0.15, 0.2) is 0 Å². The average Bonchev–Trinajstić information content (AvgIpc) is 2.69. The Bertz CT molecular complexity index is 577. The number of nitrogens with one attached hydrogen (secondary N) is 1. The minimum Gasteiger partial charge on any atom is -0.497 e. The molecule has 2 aromatic heterocycles. The Labute approximate surface area is 105 Å². The van der Waals surface area contributed by atoms with Crippen LogP contribution in [-0.2, 0) is 7.05 Å². The highest BCUT2D eigenvalue weighted by atomic mass is 16.5. The van der Waals surface area contributed by atoms with Gasteiger partial charge < -0.3 is 10.1 Å². The van der Waals surface area contributed by atoms with Crippen molar-refractivity contribution in [3.05, 3.63) is 35.8 Å². The van der Waals surface area contributed by atoms with E-state index in [1.54, 1.807) is 38.6 Å². The Balaban J connectivity index is 2.18. The molecular formula is C12H14N4O2. The van der Waals surface area contributed by atoms with Crippen LogP contribution in [0.3, 0.4) is 0 Å². The van der Waals surface area contributed by atoms with Crippen LogP contribution in [0.25, 0.3) is 0 Å². The van der Waals surface area contributed by atoms with Crippen molar-refractivity contribution < 1.29 is 9.53 Å². The molecule has 0 aliphatic rings. The highest BCUT2D eigenvalue weighted by molar-refractivity contribution is 6.02. The molecule has 1 N–H and O–H groups in total. The summed E-state index contributed by atoms with van der Waals surface area (Å²) in [6.07, 6.45) is 1.57. The molecule has 0 aliphatic heterocycles. The van der Waals surface area contributed by atoms with Crippen LogP contribution >= 0.6 is 0 Å². The first-order chi connectivity index (χ1) is 8.60. The summed E-state index contributed by atoms with van der Waals surface area (Å²) >= 11 is 0. The number of anilines is 1. The first-order valence-corrected chi connectivity index (χ1v) is 5.42. The maximum absolute atomic E-state index is 12.0. The lowest BCUT2D eigenvalue weighted by molar-refractivity contribution is 0.101. The van der Waals surface area contributed by atoms with E-state index >= 15 is 0 Å². The van der Waals surface area contributed by atoms with Crippen LogP contribution in [0.1, 0.15) is 16.2 Å². The SMILES string of the molecule is COc1ccnc(NC(=O)c2cc(C)nn2C)c1. The molecule has 0 saturated heterocycles. The molecule has 18 heavy (non-hydrogen) atoms. The van der Waals surface area contributed by atoms with Crippen molar-refractivity contribution in [2.45, 2.75) is 6.92 Å². The summed E-state index contributed by atoms with van der Waals surface area (Å²) in [5.74, 6) is 0.832. The first-order valence-electron chi connectivity index (χ1n) is 5.42. The van der Waals surface area contributed by atoms with E-state index in [2.05, 4.69) is 15.4 Å². The molecule has 0 bridgehead atoms. The van der Waals surface area contributed by atoms with Crippen molar-refractivity contribution in [2.24, 2.45) is 7.05 Å². The lowest BCUT2D eigenvalue weighted by Gasteiger charge is -2.05. The van der Waals surface area contributed by atoms with E-state index in [-0.39, 0.29) is 5.91 Å². The molecule has 0 atom stereocenters. The summed E-state index contributed by atoms with van der Waals surface area (Å²) in [6.45, 7) is 1.83. The Hall–Kier alpha value is -2.37. The summed E-state index contributed by atoms with van der Waals surface area (Å²) in [7, 11) is 3.28. The number of rotatable bonds is 3. The number of aromatic nitrogens is 3. The molecule has 1 amide bonds. The molecule has 0 radical (unpaired) electrons. The summed E-state index contributed by atoms with van der Waals surface area (Å²) in [5.41, 5.74) is 1.28. The Morgan fingerprint density at radius 2 is 2.22 bits per heavy atom. The molecule has 6 nitrogen and oxygen atoms in total. The van der Waals surface area contributed by atoms with Crippen LogP contribution in [0.4, 0.5) is 5.82 Å². The fourth-order valence-corrected chi connectivity index (χ4v) is 1.61. The molecule has 2 aromatic rings. The summed E-state index contributed by atoms with van der Waals surface area (Å²) in [6, 6.07) is 5.08. The summed E-state index contributed by atoms with van der Waals surface area (Å²) < 4.78 is 6.59. The van der Waals surface area contributed by atoms with Crippen molar-refractivity contribution in [2.75, 3.05) is 12.4 Å². The van der Waals surface area contributed by atoms with Gasteiger partial charge in [0.1, 0.15) is 17.3 Å². The molecular weight excluding hydrogens is 232 g/mol. The van der Waals surface area contributed by atoms with E-state index < -0.39 is 0 Å². The number of carbonyl (C=O) groups is 1. The standard InChI is InChI=1S/C12H14N4O2/c1-8-6-10(16(2)15-8)12(17)14-11-7-9(18-3)4-5-13-11/h4-7H,1-3H3,(H,13,14,17). The normalized spacial score (nSPS) is 10.2. The first kappa shape index (κ1) is 12.1. The molecule has 0 aromatic carbocycles. The van der Waals surface area contributed by atoms with Gasteiger partial charge in [0.2, 0.25) is 0 Å². The fourth-order valence-electron chi connectivity index (χ4n) is 1.61. The minimum atomic E-state index is -0.251. The number of carbonyl (C=O) groups excluding carboxylic acids is 1. The van der Waals surface area contributed by atoms with Gasteiger partial charge in [0.05, 0.1) is 12.8 Å². The third-order valence-corrected chi connectivity index (χ3v) is 2.44. The molecule has 0 spiro atoms. The number of ether oxygens (including phenoxy) is 1. The van der Waals surface area contributed by atoms with E-state index in [4.69, 9.17) is 4.74 Å². The van der Waals surface area contributed by atoms with Gasteiger partial charge >= 0.3 is 0 Å². The van der Waals surface area contributed by atoms with Crippen LogP contribution in [0, 0.1) is 6.92 Å². The smallest absolute Gasteiger partial charge is 0.275 e. The zero-order valence-electron chi connectivity index (χ0n) is 10.5. The van der Waals surface area contributed by atoms with Crippen molar-refractivity contribution in [1.82, 2.24) is 14.8 Å². The second-order valence-corrected chi connectivity index (χ2v) is 3.83. The van der Waals surface area contributed by atoms with Crippen LogP contribution < -0.4 is 10.1 Å². The topological polar surface area (TPSA) is 69.0 Å². The van der Waals surface area contributed by atoms with Crippen LogP contribution in [0.15, 0.2) is 24.4 Å². The molecule has 0 saturated carbocycles. The second-order valence-electron chi connectivity index (χ2n) is 3.83. The quantitative estimate of drug-likeness (QED) is 0.888. The van der Waals surface area contributed by atoms with Crippen molar-refractivity contribution in [3.8, 4) is 5.75 Å².